The van der Waals surface area contributed by atoms with E-state index in [1.165, 1.54) is 6.92 Å². The van der Waals surface area contributed by atoms with Crippen LogP contribution in [0.5, 0.6) is 0 Å². The SMILES string of the molecule is CC(=O)c1ccc(-n2cnc3cc(Nc4ccc(C)cn4)ccc32)nc1-c1c(C#N)n[nH]c1C. The van der Waals surface area contributed by atoms with Crippen molar-refractivity contribution in [2.24, 2.45) is 0 Å². The summed E-state index contributed by atoms with van der Waals surface area (Å²) in [7, 11) is 0. The van der Waals surface area contributed by atoms with Crippen LogP contribution in [-0.2, 0) is 0 Å². The van der Waals surface area contributed by atoms with Gasteiger partial charge in [0.1, 0.15) is 24.0 Å². The normalized spacial score (nSPS) is 10.9. The Morgan fingerprint density at radius 3 is 2.71 bits per heavy atom. The van der Waals surface area contributed by atoms with Gasteiger partial charge < -0.3 is 5.32 Å². The summed E-state index contributed by atoms with van der Waals surface area (Å²) in [5.74, 6) is 1.18. The summed E-state index contributed by atoms with van der Waals surface area (Å²) in [4.78, 5) is 26.0. The molecule has 9 nitrogen and oxygen atoms in total. The molecule has 5 aromatic rings. The first kappa shape index (κ1) is 21.0. The molecule has 0 atom stereocenters. The van der Waals surface area contributed by atoms with Gasteiger partial charge in [-0.25, -0.2) is 15.0 Å². The van der Waals surface area contributed by atoms with Gasteiger partial charge in [0.15, 0.2) is 11.5 Å². The maximum Gasteiger partial charge on any atom is 0.171 e. The molecule has 0 saturated carbocycles. The largest absolute Gasteiger partial charge is 0.340 e. The van der Waals surface area contributed by atoms with Gasteiger partial charge in [0, 0.05) is 23.1 Å². The predicted molar refractivity (Wildman–Crippen MR) is 128 cm³/mol. The van der Waals surface area contributed by atoms with E-state index in [0.29, 0.717) is 28.3 Å². The molecule has 0 amide bonds. The first-order chi connectivity index (χ1) is 16.4. The molecule has 0 radical (unpaired) electrons. The molecule has 4 heterocycles. The number of hydrogen-bond acceptors (Lipinski definition) is 7. The third kappa shape index (κ3) is 3.67. The number of ketones is 1. The number of rotatable bonds is 5. The number of aromatic nitrogens is 6. The lowest BCUT2D eigenvalue weighted by Gasteiger charge is -2.11. The van der Waals surface area contributed by atoms with E-state index < -0.39 is 0 Å². The Balaban J connectivity index is 1.57. The number of hydrogen-bond donors (Lipinski definition) is 2. The maximum atomic E-state index is 12.3. The van der Waals surface area contributed by atoms with E-state index in [4.69, 9.17) is 4.98 Å². The molecule has 0 aliphatic rings. The van der Waals surface area contributed by atoms with Gasteiger partial charge >= 0.3 is 0 Å². The molecule has 0 aliphatic carbocycles. The van der Waals surface area contributed by atoms with E-state index in [1.807, 2.05) is 48.0 Å². The lowest BCUT2D eigenvalue weighted by Crippen LogP contribution is -2.04. The van der Waals surface area contributed by atoms with Crippen LogP contribution in [0.1, 0.15) is 34.2 Å². The summed E-state index contributed by atoms with van der Waals surface area (Å²) in [5.41, 5.74) is 5.80. The van der Waals surface area contributed by atoms with Crippen LogP contribution < -0.4 is 5.32 Å². The van der Waals surface area contributed by atoms with Crippen LogP contribution in [0, 0.1) is 25.2 Å². The molecule has 166 valence electrons. The molecule has 0 spiro atoms. The standard InChI is InChI=1S/C25H20N8O/c1-14-4-8-22(27-12-14)29-17-5-7-21-19(10-17)28-13-33(21)23-9-6-18(16(3)34)25(30-23)24-15(2)31-32-20(24)11-26/h4-10,12-13H,1-3H3,(H,27,29)(H,31,32). The molecule has 34 heavy (non-hydrogen) atoms. The zero-order chi connectivity index (χ0) is 23.8. The summed E-state index contributed by atoms with van der Waals surface area (Å²) in [5, 5.41) is 19.6. The fourth-order valence-corrected chi connectivity index (χ4v) is 3.82. The Hall–Kier alpha value is -4.84. The smallest absolute Gasteiger partial charge is 0.171 e. The van der Waals surface area contributed by atoms with Crippen molar-refractivity contribution in [3.05, 3.63) is 77.5 Å². The molecule has 9 heteroatoms. The highest BCUT2D eigenvalue weighted by molar-refractivity contribution is 6.00. The minimum Gasteiger partial charge on any atom is -0.340 e. The third-order valence-corrected chi connectivity index (χ3v) is 5.53. The molecule has 5 rings (SSSR count). The van der Waals surface area contributed by atoms with Crippen molar-refractivity contribution in [2.75, 3.05) is 5.32 Å². The van der Waals surface area contributed by atoms with Crippen molar-refractivity contribution >= 4 is 28.3 Å². The Kier molecular flexibility index (Phi) is 5.11. The number of fused-ring (bicyclic) bond motifs is 1. The van der Waals surface area contributed by atoms with Crippen molar-refractivity contribution in [3.63, 3.8) is 0 Å². The van der Waals surface area contributed by atoms with E-state index in [1.54, 1.807) is 25.4 Å². The first-order valence-corrected chi connectivity index (χ1v) is 10.6. The third-order valence-electron chi connectivity index (χ3n) is 5.53. The molecule has 1 aromatic carbocycles. The number of nitrogens with one attached hydrogen (secondary N) is 2. The second-order valence-electron chi connectivity index (χ2n) is 7.97. The highest BCUT2D eigenvalue weighted by Crippen LogP contribution is 2.30. The first-order valence-electron chi connectivity index (χ1n) is 10.6. The molecule has 2 N–H and O–H groups in total. The van der Waals surface area contributed by atoms with Crippen molar-refractivity contribution in [1.29, 1.82) is 5.26 Å². The molecule has 0 unspecified atom stereocenters. The molecule has 0 aliphatic heterocycles. The van der Waals surface area contributed by atoms with Gasteiger partial charge in [-0.05, 0) is 62.7 Å². The highest BCUT2D eigenvalue weighted by atomic mass is 16.1. The average Bonchev–Trinajstić information content (AvgIpc) is 3.42. The summed E-state index contributed by atoms with van der Waals surface area (Å²) in [6.07, 6.45) is 3.49. The number of aryl methyl sites for hydroxylation is 2. The number of nitriles is 1. The van der Waals surface area contributed by atoms with Crippen LogP contribution in [0.4, 0.5) is 11.5 Å². The van der Waals surface area contributed by atoms with Gasteiger partial charge in [-0.15, -0.1) is 0 Å². The van der Waals surface area contributed by atoms with Gasteiger partial charge in [-0.2, -0.15) is 10.4 Å². The van der Waals surface area contributed by atoms with Crippen molar-refractivity contribution < 1.29 is 4.79 Å². The van der Waals surface area contributed by atoms with Gasteiger partial charge in [-0.1, -0.05) is 6.07 Å². The number of pyridine rings is 2. The van der Waals surface area contributed by atoms with Gasteiger partial charge in [0.2, 0.25) is 0 Å². The van der Waals surface area contributed by atoms with Crippen LogP contribution in [-0.4, -0.2) is 35.5 Å². The van der Waals surface area contributed by atoms with Gasteiger partial charge in [0.05, 0.1) is 22.3 Å². The minimum absolute atomic E-state index is 0.144. The Morgan fingerprint density at radius 2 is 1.97 bits per heavy atom. The molecular formula is C25H20N8O. The molecule has 0 saturated heterocycles. The van der Waals surface area contributed by atoms with Crippen LogP contribution in [0.25, 0.3) is 28.1 Å². The van der Waals surface area contributed by atoms with Crippen molar-refractivity contribution in [2.45, 2.75) is 20.8 Å². The van der Waals surface area contributed by atoms with Crippen LogP contribution in [0.15, 0.2) is 55.0 Å². The van der Waals surface area contributed by atoms with E-state index in [-0.39, 0.29) is 11.5 Å². The van der Waals surface area contributed by atoms with Crippen molar-refractivity contribution in [1.82, 2.24) is 29.7 Å². The molecule has 4 aromatic heterocycles. The fraction of sp³-hybridized carbons (Fsp3) is 0.120. The number of anilines is 2. The predicted octanol–water partition coefficient (Wildman–Crippen LogP) is 4.64. The highest BCUT2D eigenvalue weighted by Gasteiger charge is 2.21. The van der Waals surface area contributed by atoms with E-state index >= 15 is 0 Å². The summed E-state index contributed by atoms with van der Waals surface area (Å²) < 4.78 is 1.85. The van der Waals surface area contributed by atoms with E-state index in [2.05, 4.69) is 31.6 Å². The second kappa shape index (κ2) is 8.26. The zero-order valence-corrected chi connectivity index (χ0v) is 18.8. The lowest BCUT2D eigenvalue weighted by atomic mass is 10.0. The molecule has 0 fully saturated rings. The van der Waals surface area contributed by atoms with Gasteiger partial charge in [0.25, 0.3) is 0 Å². The molecule has 0 bridgehead atoms. The van der Waals surface area contributed by atoms with Gasteiger partial charge in [-0.3, -0.25) is 14.5 Å². The topological polar surface area (TPSA) is 125 Å². The zero-order valence-electron chi connectivity index (χ0n) is 18.8. The summed E-state index contributed by atoms with van der Waals surface area (Å²) in [6, 6.07) is 15.3. The Labute approximate surface area is 195 Å². The lowest BCUT2D eigenvalue weighted by molar-refractivity contribution is 0.101. The van der Waals surface area contributed by atoms with Crippen LogP contribution in [0.2, 0.25) is 0 Å². The maximum absolute atomic E-state index is 12.3. The molecular weight excluding hydrogens is 428 g/mol. The minimum atomic E-state index is -0.144. The number of nitrogens with zero attached hydrogens (tertiary/aromatic N) is 6. The number of Topliss-reactive ketones (excluding diaryl/α,β-unsaturated/α-hetero) is 1. The van der Waals surface area contributed by atoms with Crippen LogP contribution in [0.3, 0.4) is 0 Å². The quantitative estimate of drug-likeness (QED) is 0.375. The van der Waals surface area contributed by atoms with Crippen LogP contribution >= 0.6 is 0 Å². The van der Waals surface area contributed by atoms with E-state index in [0.717, 1.165) is 28.1 Å². The number of carbonyl (C=O) groups is 1. The number of benzene rings is 1. The fourth-order valence-electron chi connectivity index (χ4n) is 3.82. The summed E-state index contributed by atoms with van der Waals surface area (Å²) in [6.45, 7) is 5.27. The monoisotopic (exact) mass is 448 g/mol. The number of H-pyrrole nitrogens is 1. The second-order valence-corrected chi connectivity index (χ2v) is 7.97. The van der Waals surface area contributed by atoms with Crippen molar-refractivity contribution in [3.8, 4) is 23.1 Å². The summed E-state index contributed by atoms with van der Waals surface area (Å²) >= 11 is 0. The number of carbonyl (C=O) groups excluding carboxylic acids is 1. The van der Waals surface area contributed by atoms with E-state index in [9.17, 15) is 10.1 Å². The average molecular weight is 448 g/mol. The number of aromatic amines is 1. The Morgan fingerprint density at radius 1 is 1.12 bits per heavy atom. The number of imidazole rings is 1. The Bertz CT molecular complexity index is 1590.